The van der Waals surface area contributed by atoms with Crippen molar-refractivity contribution in [1.82, 2.24) is 4.98 Å². The Labute approximate surface area is 122 Å². The summed E-state index contributed by atoms with van der Waals surface area (Å²) in [5.74, 6) is -1.34. The normalized spacial score (nSPS) is 12.2. The zero-order valence-corrected chi connectivity index (χ0v) is 11.4. The minimum Gasteiger partial charge on any atom is -0.481 e. The second-order valence-electron chi connectivity index (χ2n) is 5.04. The first-order chi connectivity index (χ1) is 10.2. The molecular formula is C18H15NO2. The first kappa shape index (κ1) is 13.3. The quantitative estimate of drug-likeness (QED) is 0.792. The number of rotatable bonds is 4. The van der Waals surface area contributed by atoms with Gasteiger partial charge in [0.05, 0.1) is 11.4 Å². The first-order valence-electron chi connectivity index (χ1n) is 6.85. The van der Waals surface area contributed by atoms with E-state index < -0.39 is 11.9 Å². The number of pyridine rings is 1. The van der Waals surface area contributed by atoms with Crippen molar-refractivity contribution in [1.29, 1.82) is 0 Å². The summed E-state index contributed by atoms with van der Waals surface area (Å²) in [4.78, 5) is 15.9. The summed E-state index contributed by atoms with van der Waals surface area (Å²) in [6.45, 7) is 0. The molecule has 1 aromatic heterocycles. The maximum Gasteiger partial charge on any atom is 0.311 e. The second kappa shape index (κ2) is 5.75. The molecule has 3 heteroatoms. The highest BCUT2D eigenvalue weighted by Gasteiger charge is 2.20. The molecule has 3 aromatic rings. The van der Waals surface area contributed by atoms with Gasteiger partial charge in [-0.3, -0.25) is 9.78 Å². The summed E-state index contributed by atoms with van der Waals surface area (Å²) in [5.41, 5.74) is 2.70. The minimum absolute atomic E-state index is 0.464. The van der Waals surface area contributed by atoms with E-state index in [0.717, 1.165) is 22.0 Å². The molecule has 1 unspecified atom stereocenters. The predicted octanol–water partition coefficient (Wildman–Crippen LogP) is 3.65. The van der Waals surface area contributed by atoms with Gasteiger partial charge in [0.2, 0.25) is 0 Å². The van der Waals surface area contributed by atoms with Gasteiger partial charge in [0.1, 0.15) is 0 Å². The first-order valence-corrected chi connectivity index (χ1v) is 6.85. The number of fused-ring (bicyclic) bond motifs is 1. The van der Waals surface area contributed by atoms with Crippen LogP contribution in [0.3, 0.4) is 0 Å². The Balaban J connectivity index is 1.93. The molecule has 0 aliphatic heterocycles. The van der Waals surface area contributed by atoms with E-state index in [4.69, 9.17) is 0 Å². The number of nitrogens with zero attached hydrogens (tertiary/aromatic N) is 1. The summed E-state index contributed by atoms with van der Waals surface area (Å²) in [5, 5.41) is 10.5. The van der Waals surface area contributed by atoms with Crippen molar-refractivity contribution >= 4 is 16.9 Å². The predicted molar refractivity (Wildman–Crippen MR) is 82.3 cm³/mol. The number of benzene rings is 2. The third-order valence-electron chi connectivity index (χ3n) is 3.61. The Morgan fingerprint density at radius 1 is 1.05 bits per heavy atom. The maximum atomic E-state index is 11.6. The number of aliphatic carboxylic acids is 1. The summed E-state index contributed by atoms with van der Waals surface area (Å²) in [7, 11) is 0. The van der Waals surface area contributed by atoms with E-state index in [1.165, 1.54) is 0 Å². The van der Waals surface area contributed by atoms with Crippen LogP contribution in [0.25, 0.3) is 10.9 Å². The fraction of sp³-hybridized carbons (Fsp3) is 0.111. The summed E-state index contributed by atoms with van der Waals surface area (Å²) in [6, 6.07) is 19.2. The summed E-state index contributed by atoms with van der Waals surface area (Å²) >= 11 is 0. The third-order valence-corrected chi connectivity index (χ3v) is 3.61. The monoisotopic (exact) mass is 277 g/mol. The molecule has 3 rings (SSSR count). The largest absolute Gasteiger partial charge is 0.481 e. The molecule has 0 radical (unpaired) electrons. The van der Waals surface area contributed by atoms with Gasteiger partial charge >= 0.3 is 5.97 Å². The lowest BCUT2D eigenvalue weighted by Crippen LogP contribution is -2.14. The van der Waals surface area contributed by atoms with Crippen molar-refractivity contribution in [3.63, 3.8) is 0 Å². The molecule has 0 amide bonds. The van der Waals surface area contributed by atoms with E-state index in [1.807, 2.05) is 60.7 Å². The van der Waals surface area contributed by atoms with Gasteiger partial charge in [-0.05, 0) is 29.7 Å². The molecule has 1 atom stereocenters. The zero-order chi connectivity index (χ0) is 14.7. The van der Waals surface area contributed by atoms with Crippen molar-refractivity contribution in [2.24, 2.45) is 0 Å². The fourth-order valence-corrected chi connectivity index (χ4v) is 2.51. The molecular weight excluding hydrogens is 262 g/mol. The van der Waals surface area contributed by atoms with E-state index in [9.17, 15) is 9.90 Å². The number of carboxylic acid groups (broad SMARTS) is 1. The Kier molecular flexibility index (Phi) is 3.65. The highest BCUT2D eigenvalue weighted by atomic mass is 16.4. The van der Waals surface area contributed by atoms with Gasteiger partial charge in [-0.1, -0.05) is 48.5 Å². The molecule has 0 fully saturated rings. The minimum atomic E-state index is -0.803. The molecule has 21 heavy (non-hydrogen) atoms. The highest BCUT2D eigenvalue weighted by Crippen LogP contribution is 2.23. The van der Waals surface area contributed by atoms with Gasteiger partial charge in [0.25, 0.3) is 0 Å². The molecule has 2 aromatic carbocycles. The lowest BCUT2D eigenvalue weighted by atomic mass is 9.92. The van der Waals surface area contributed by atoms with Crippen molar-refractivity contribution in [3.05, 3.63) is 78.0 Å². The van der Waals surface area contributed by atoms with Crippen LogP contribution in [0.5, 0.6) is 0 Å². The average molecular weight is 277 g/mol. The average Bonchev–Trinajstić information content (AvgIpc) is 2.53. The van der Waals surface area contributed by atoms with Gasteiger partial charge in [-0.25, -0.2) is 0 Å². The molecule has 104 valence electrons. The van der Waals surface area contributed by atoms with Crippen LogP contribution in [0.1, 0.15) is 17.0 Å². The lowest BCUT2D eigenvalue weighted by Gasteiger charge is -2.13. The van der Waals surface area contributed by atoms with E-state index in [-0.39, 0.29) is 0 Å². The van der Waals surface area contributed by atoms with Crippen LogP contribution >= 0.6 is 0 Å². The van der Waals surface area contributed by atoms with Crippen molar-refractivity contribution in [3.8, 4) is 0 Å². The number of carbonyl (C=O) groups is 1. The summed E-state index contributed by atoms with van der Waals surface area (Å²) in [6.07, 6.45) is 2.21. The molecule has 0 saturated heterocycles. The van der Waals surface area contributed by atoms with Crippen LogP contribution < -0.4 is 0 Å². The van der Waals surface area contributed by atoms with E-state index in [1.54, 1.807) is 6.20 Å². The van der Waals surface area contributed by atoms with Crippen LogP contribution in [0.4, 0.5) is 0 Å². The molecule has 0 aliphatic rings. The van der Waals surface area contributed by atoms with Gasteiger partial charge in [0, 0.05) is 11.6 Å². The number of hydrogen-bond acceptors (Lipinski definition) is 2. The Morgan fingerprint density at radius 3 is 2.62 bits per heavy atom. The number of hydrogen-bond donors (Lipinski definition) is 1. The van der Waals surface area contributed by atoms with Gasteiger partial charge in [0.15, 0.2) is 0 Å². The highest BCUT2D eigenvalue weighted by molar-refractivity contribution is 5.80. The summed E-state index contributed by atoms with van der Waals surface area (Å²) < 4.78 is 0. The fourth-order valence-electron chi connectivity index (χ4n) is 2.51. The Hall–Kier alpha value is -2.68. The Morgan fingerprint density at radius 2 is 1.86 bits per heavy atom. The van der Waals surface area contributed by atoms with E-state index in [0.29, 0.717) is 6.42 Å². The third kappa shape index (κ3) is 2.92. The van der Waals surface area contributed by atoms with Crippen LogP contribution in [0, 0.1) is 0 Å². The van der Waals surface area contributed by atoms with E-state index >= 15 is 0 Å². The van der Waals surface area contributed by atoms with Crippen molar-refractivity contribution in [2.45, 2.75) is 12.3 Å². The number of aromatic nitrogens is 1. The topological polar surface area (TPSA) is 50.2 Å². The van der Waals surface area contributed by atoms with Crippen molar-refractivity contribution < 1.29 is 9.90 Å². The van der Waals surface area contributed by atoms with Gasteiger partial charge in [-0.2, -0.15) is 0 Å². The van der Waals surface area contributed by atoms with Crippen LogP contribution in [-0.2, 0) is 11.2 Å². The smallest absolute Gasteiger partial charge is 0.311 e. The van der Waals surface area contributed by atoms with Crippen LogP contribution in [0.15, 0.2) is 66.9 Å². The standard InChI is InChI=1S/C18H15NO2/c20-18(21)16(14-5-2-1-3-6-14)11-13-8-9-15-7-4-10-19-17(15)12-13/h1-10,12,16H,11H2,(H,20,21). The Bertz CT molecular complexity index is 768. The van der Waals surface area contributed by atoms with Crippen LogP contribution in [0.2, 0.25) is 0 Å². The van der Waals surface area contributed by atoms with Crippen LogP contribution in [-0.4, -0.2) is 16.1 Å². The molecule has 0 bridgehead atoms. The van der Waals surface area contributed by atoms with Gasteiger partial charge in [-0.15, -0.1) is 0 Å². The number of carboxylic acids is 1. The zero-order valence-electron chi connectivity index (χ0n) is 11.4. The molecule has 1 heterocycles. The second-order valence-corrected chi connectivity index (χ2v) is 5.04. The molecule has 0 spiro atoms. The molecule has 0 saturated carbocycles. The SMILES string of the molecule is O=C(O)C(Cc1ccc2cccnc2c1)c1ccccc1. The lowest BCUT2D eigenvalue weighted by molar-refractivity contribution is -0.138. The molecule has 0 aliphatic carbocycles. The molecule has 1 N–H and O–H groups in total. The maximum absolute atomic E-state index is 11.6. The van der Waals surface area contributed by atoms with E-state index in [2.05, 4.69) is 4.98 Å². The van der Waals surface area contributed by atoms with Gasteiger partial charge < -0.3 is 5.11 Å². The molecule has 3 nitrogen and oxygen atoms in total. The van der Waals surface area contributed by atoms with Crippen molar-refractivity contribution in [2.75, 3.05) is 0 Å².